The van der Waals surface area contributed by atoms with Crippen LogP contribution >= 0.6 is 0 Å². The molecule has 0 saturated carbocycles. The van der Waals surface area contributed by atoms with Gasteiger partial charge in [-0.3, -0.25) is 9.48 Å². The lowest BCUT2D eigenvalue weighted by molar-refractivity contribution is 0.0982. The fourth-order valence-electron chi connectivity index (χ4n) is 2.20. The zero-order valence-electron chi connectivity index (χ0n) is 12.5. The Morgan fingerprint density at radius 3 is 2.71 bits per heavy atom. The normalized spacial score (nSPS) is 10.2. The van der Waals surface area contributed by atoms with E-state index >= 15 is 0 Å². The lowest BCUT2D eigenvalue weighted by Gasteiger charge is -2.18. The van der Waals surface area contributed by atoms with Gasteiger partial charge in [0.05, 0.1) is 16.9 Å². The fraction of sp³-hybridized carbons (Fsp3) is 0.312. The SMILES string of the molecule is CCc1cc(C(=O)N(C)c2ccccc2C#N)n(CC)n1. The first-order valence-electron chi connectivity index (χ1n) is 6.96. The molecule has 21 heavy (non-hydrogen) atoms. The monoisotopic (exact) mass is 282 g/mol. The summed E-state index contributed by atoms with van der Waals surface area (Å²) in [5, 5.41) is 13.5. The number of hydrogen-bond acceptors (Lipinski definition) is 3. The molecule has 5 nitrogen and oxygen atoms in total. The van der Waals surface area contributed by atoms with Crippen LogP contribution in [0.2, 0.25) is 0 Å². The van der Waals surface area contributed by atoms with E-state index < -0.39 is 0 Å². The Bertz CT molecular complexity index is 697. The van der Waals surface area contributed by atoms with Gasteiger partial charge in [-0.15, -0.1) is 0 Å². The second kappa shape index (κ2) is 6.23. The van der Waals surface area contributed by atoms with E-state index in [4.69, 9.17) is 5.26 Å². The summed E-state index contributed by atoms with van der Waals surface area (Å²) in [6.45, 7) is 4.59. The third kappa shape index (κ3) is 2.79. The van der Waals surface area contributed by atoms with E-state index in [0.717, 1.165) is 12.1 Å². The van der Waals surface area contributed by atoms with E-state index in [0.29, 0.717) is 23.5 Å². The standard InChI is InChI=1S/C16H18N4O/c1-4-13-10-15(20(5-2)18-13)16(21)19(3)14-9-7-6-8-12(14)11-17/h6-10H,4-5H2,1-3H3. The first-order valence-corrected chi connectivity index (χ1v) is 6.96. The van der Waals surface area contributed by atoms with Gasteiger partial charge in [0, 0.05) is 13.6 Å². The molecule has 5 heteroatoms. The Morgan fingerprint density at radius 1 is 1.38 bits per heavy atom. The number of para-hydroxylation sites is 1. The van der Waals surface area contributed by atoms with Crippen molar-refractivity contribution in [3.8, 4) is 6.07 Å². The number of carbonyl (C=O) groups is 1. The number of amides is 1. The van der Waals surface area contributed by atoms with Crippen LogP contribution in [-0.4, -0.2) is 22.7 Å². The van der Waals surface area contributed by atoms with Gasteiger partial charge >= 0.3 is 0 Å². The minimum absolute atomic E-state index is 0.160. The van der Waals surface area contributed by atoms with Crippen molar-refractivity contribution >= 4 is 11.6 Å². The maximum atomic E-state index is 12.7. The van der Waals surface area contributed by atoms with E-state index in [9.17, 15) is 4.79 Å². The average Bonchev–Trinajstić information content (AvgIpc) is 2.96. The molecule has 108 valence electrons. The van der Waals surface area contributed by atoms with Gasteiger partial charge in [0.25, 0.3) is 5.91 Å². The van der Waals surface area contributed by atoms with E-state index in [-0.39, 0.29) is 5.91 Å². The fourth-order valence-corrected chi connectivity index (χ4v) is 2.20. The molecule has 0 bridgehead atoms. The lowest BCUT2D eigenvalue weighted by Crippen LogP contribution is -2.29. The zero-order valence-corrected chi connectivity index (χ0v) is 12.5. The van der Waals surface area contributed by atoms with Crippen molar-refractivity contribution in [1.29, 1.82) is 5.26 Å². The summed E-state index contributed by atoms with van der Waals surface area (Å²) >= 11 is 0. The lowest BCUT2D eigenvalue weighted by atomic mass is 10.1. The van der Waals surface area contributed by atoms with E-state index in [1.54, 1.807) is 29.9 Å². The Balaban J connectivity index is 2.40. The maximum Gasteiger partial charge on any atom is 0.276 e. The minimum Gasteiger partial charge on any atom is -0.309 e. The molecule has 0 atom stereocenters. The number of aryl methyl sites for hydroxylation is 2. The third-order valence-electron chi connectivity index (χ3n) is 3.40. The van der Waals surface area contributed by atoms with Crippen LogP contribution in [0.3, 0.4) is 0 Å². The van der Waals surface area contributed by atoms with Gasteiger partial charge in [0.15, 0.2) is 0 Å². The highest BCUT2D eigenvalue weighted by Gasteiger charge is 2.20. The molecule has 2 aromatic rings. The molecule has 1 aromatic heterocycles. The predicted octanol–water partition coefficient (Wildman–Crippen LogP) is 2.61. The summed E-state index contributed by atoms with van der Waals surface area (Å²) in [6.07, 6.45) is 0.784. The van der Waals surface area contributed by atoms with Gasteiger partial charge in [-0.25, -0.2) is 0 Å². The summed E-state index contributed by atoms with van der Waals surface area (Å²) < 4.78 is 1.70. The van der Waals surface area contributed by atoms with Crippen molar-refractivity contribution in [3.63, 3.8) is 0 Å². The average molecular weight is 282 g/mol. The molecule has 0 N–H and O–H groups in total. The number of hydrogen-bond donors (Lipinski definition) is 0. The number of aromatic nitrogens is 2. The zero-order chi connectivity index (χ0) is 15.4. The quantitative estimate of drug-likeness (QED) is 0.866. The van der Waals surface area contributed by atoms with Crippen LogP contribution in [0.15, 0.2) is 30.3 Å². The highest BCUT2D eigenvalue weighted by Crippen LogP contribution is 2.20. The Hall–Kier alpha value is -2.61. The second-order valence-electron chi connectivity index (χ2n) is 4.68. The topological polar surface area (TPSA) is 61.9 Å². The third-order valence-corrected chi connectivity index (χ3v) is 3.40. The highest BCUT2D eigenvalue weighted by molar-refractivity contribution is 6.05. The van der Waals surface area contributed by atoms with E-state index in [1.165, 1.54) is 4.90 Å². The summed E-state index contributed by atoms with van der Waals surface area (Å²) in [5.74, 6) is -0.160. The van der Waals surface area contributed by atoms with Gasteiger partial charge in [-0.2, -0.15) is 10.4 Å². The van der Waals surface area contributed by atoms with Gasteiger partial charge < -0.3 is 4.90 Å². The molecule has 0 spiro atoms. The molecular formula is C16H18N4O. The molecule has 0 radical (unpaired) electrons. The van der Waals surface area contributed by atoms with Crippen LogP contribution in [0.5, 0.6) is 0 Å². The summed E-state index contributed by atoms with van der Waals surface area (Å²) in [7, 11) is 1.68. The van der Waals surface area contributed by atoms with Gasteiger partial charge in [0.2, 0.25) is 0 Å². The second-order valence-corrected chi connectivity index (χ2v) is 4.68. The number of nitriles is 1. The number of rotatable bonds is 4. The van der Waals surface area contributed by atoms with Crippen molar-refractivity contribution in [2.24, 2.45) is 0 Å². The van der Waals surface area contributed by atoms with E-state index in [1.807, 2.05) is 26.0 Å². The number of benzene rings is 1. The Kier molecular flexibility index (Phi) is 4.39. The van der Waals surface area contributed by atoms with Crippen LogP contribution < -0.4 is 4.90 Å². The summed E-state index contributed by atoms with van der Waals surface area (Å²) in [5.41, 5.74) is 2.52. The van der Waals surface area contributed by atoms with Crippen LogP contribution in [0.25, 0.3) is 0 Å². The Morgan fingerprint density at radius 2 is 2.10 bits per heavy atom. The number of carbonyl (C=O) groups excluding carboxylic acids is 1. The van der Waals surface area contributed by atoms with E-state index in [2.05, 4.69) is 11.2 Å². The van der Waals surface area contributed by atoms with Crippen LogP contribution in [0, 0.1) is 11.3 Å². The molecule has 0 fully saturated rings. The van der Waals surface area contributed by atoms with Crippen molar-refractivity contribution in [3.05, 3.63) is 47.3 Å². The van der Waals surface area contributed by atoms with Gasteiger partial charge in [-0.1, -0.05) is 19.1 Å². The van der Waals surface area contributed by atoms with Crippen molar-refractivity contribution in [2.45, 2.75) is 26.8 Å². The van der Waals surface area contributed by atoms with Crippen LogP contribution in [0.1, 0.15) is 35.6 Å². The van der Waals surface area contributed by atoms with Crippen molar-refractivity contribution < 1.29 is 4.79 Å². The predicted molar refractivity (Wildman–Crippen MR) is 81.2 cm³/mol. The van der Waals surface area contributed by atoms with Crippen LogP contribution in [-0.2, 0) is 13.0 Å². The number of nitrogens with zero attached hydrogens (tertiary/aromatic N) is 4. The number of anilines is 1. The maximum absolute atomic E-state index is 12.7. The van der Waals surface area contributed by atoms with Gasteiger partial charge in [-0.05, 0) is 31.5 Å². The molecule has 1 amide bonds. The Labute approximate surface area is 124 Å². The highest BCUT2D eigenvalue weighted by atomic mass is 16.2. The van der Waals surface area contributed by atoms with Crippen molar-refractivity contribution in [2.75, 3.05) is 11.9 Å². The molecule has 1 heterocycles. The molecule has 2 rings (SSSR count). The smallest absolute Gasteiger partial charge is 0.276 e. The molecule has 1 aromatic carbocycles. The first kappa shape index (κ1) is 14.8. The molecule has 0 aliphatic heterocycles. The van der Waals surface area contributed by atoms with Crippen LogP contribution in [0.4, 0.5) is 5.69 Å². The molecule has 0 aliphatic rings. The minimum atomic E-state index is -0.160. The largest absolute Gasteiger partial charge is 0.309 e. The molecular weight excluding hydrogens is 264 g/mol. The van der Waals surface area contributed by atoms with Crippen molar-refractivity contribution in [1.82, 2.24) is 9.78 Å². The van der Waals surface area contributed by atoms with Gasteiger partial charge in [0.1, 0.15) is 11.8 Å². The first-order chi connectivity index (χ1) is 10.1. The summed E-state index contributed by atoms with van der Waals surface area (Å²) in [6, 6.07) is 11.0. The molecule has 0 aliphatic carbocycles. The molecule has 0 unspecified atom stereocenters. The molecule has 0 saturated heterocycles. The summed E-state index contributed by atoms with van der Waals surface area (Å²) in [4.78, 5) is 14.2.